The summed E-state index contributed by atoms with van der Waals surface area (Å²) in [5, 5.41) is 21.5. The zero-order valence-corrected chi connectivity index (χ0v) is 18.6. The SMILES string of the molecule is CC(=O)Nc1cccc(-n2c(C)nnc2SCc2ccc(-c3ccccc3C#N)cc2)c1. The molecule has 0 radical (unpaired) electrons. The second-order valence-corrected chi connectivity index (χ2v) is 8.18. The number of anilines is 1. The van der Waals surface area contributed by atoms with Gasteiger partial charge in [-0.1, -0.05) is 60.3 Å². The van der Waals surface area contributed by atoms with Crippen LogP contribution in [-0.2, 0) is 10.5 Å². The first kappa shape index (κ1) is 21.3. The molecule has 0 unspecified atom stereocenters. The topological polar surface area (TPSA) is 83.6 Å². The fraction of sp³-hybridized carbons (Fsp3) is 0.120. The van der Waals surface area contributed by atoms with Crippen LogP contribution in [0.5, 0.6) is 0 Å². The van der Waals surface area contributed by atoms with E-state index >= 15 is 0 Å². The van der Waals surface area contributed by atoms with Gasteiger partial charge in [0.15, 0.2) is 5.16 Å². The number of nitrogens with zero attached hydrogens (tertiary/aromatic N) is 4. The van der Waals surface area contributed by atoms with E-state index in [1.807, 2.05) is 72.2 Å². The third kappa shape index (κ3) is 4.71. The predicted octanol–water partition coefficient (Wildman–Crippen LogP) is 5.37. The van der Waals surface area contributed by atoms with Crippen molar-refractivity contribution in [3.63, 3.8) is 0 Å². The van der Waals surface area contributed by atoms with Crippen LogP contribution >= 0.6 is 11.8 Å². The first-order valence-electron chi connectivity index (χ1n) is 10.1. The minimum absolute atomic E-state index is 0.113. The summed E-state index contributed by atoms with van der Waals surface area (Å²) >= 11 is 1.59. The van der Waals surface area contributed by atoms with Crippen LogP contribution in [-0.4, -0.2) is 20.7 Å². The molecule has 4 aromatic rings. The van der Waals surface area contributed by atoms with Gasteiger partial charge in [-0.25, -0.2) is 0 Å². The van der Waals surface area contributed by atoms with E-state index in [1.54, 1.807) is 11.8 Å². The van der Waals surface area contributed by atoms with Gasteiger partial charge in [-0.3, -0.25) is 9.36 Å². The van der Waals surface area contributed by atoms with Gasteiger partial charge in [0.25, 0.3) is 0 Å². The molecule has 32 heavy (non-hydrogen) atoms. The van der Waals surface area contributed by atoms with Gasteiger partial charge < -0.3 is 5.32 Å². The number of carbonyl (C=O) groups is 1. The monoisotopic (exact) mass is 439 g/mol. The second-order valence-electron chi connectivity index (χ2n) is 7.24. The number of aromatic nitrogens is 3. The van der Waals surface area contributed by atoms with Crippen molar-refractivity contribution in [1.29, 1.82) is 5.26 Å². The molecule has 0 spiro atoms. The number of hydrogen-bond donors (Lipinski definition) is 1. The number of carbonyl (C=O) groups excluding carboxylic acids is 1. The number of aryl methyl sites for hydroxylation is 1. The molecular weight excluding hydrogens is 418 g/mol. The molecule has 0 bridgehead atoms. The van der Waals surface area contributed by atoms with E-state index in [0.717, 1.165) is 44.8 Å². The third-order valence-corrected chi connectivity index (χ3v) is 5.90. The molecule has 7 heteroatoms. The maximum Gasteiger partial charge on any atom is 0.221 e. The molecule has 6 nitrogen and oxygen atoms in total. The van der Waals surface area contributed by atoms with Gasteiger partial charge in [-0.05, 0) is 47.9 Å². The molecule has 1 amide bonds. The largest absolute Gasteiger partial charge is 0.326 e. The van der Waals surface area contributed by atoms with E-state index in [4.69, 9.17) is 0 Å². The van der Waals surface area contributed by atoms with Crippen LogP contribution < -0.4 is 5.32 Å². The van der Waals surface area contributed by atoms with Gasteiger partial charge in [0.1, 0.15) is 5.82 Å². The second kappa shape index (κ2) is 9.50. The van der Waals surface area contributed by atoms with Crippen LogP contribution in [0.15, 0.2) is 78.0 Å². The lowest BCUT2D eigenvalue weighted by Gasteiger charge is -2.11. The normalized spacial score (nSPS) is 10.5. The highest BCUT2D eigenvalue weighted by molar-refractivity contribution is 7.98. The summed E-state index contributed by atoms with van der Waals surface area (Å²) in [4.78, 5) is 11.4. The molecule has 0 aliphatic heterocycles. The van der Waals surface area contributed by atoms with Crippen molar-refractivity contribution in [2.45, 2.75) is 24.8 Å². The minimum Gasteiger partial charge on any atom is -0.326 e. The lowest BCUT2D eigenvalue weighted by Crippen LogP contribution is -2.07. The van der Waals surface area contributed by atoms with Crippen molar-refractivity contribution in [2.24, 2.45) is 0 Å². The first-order chi connectivity index (χ1) is 15.5. The van der Waals surface area contributed by atoms with Gasteiger partial charge in [0, 0.05) is 18.4 Å². The summed E-state index contributed by atoms with van der Waals surface area (Å²) < 4.78 is 1.98. The van der Waals surface area contributed by atoms with Crippen LogP contribution in [0.25, 0.3) is 16.8 Å². The molecule has 0 aliphatic carbocycles. The van der Waals surface area contributed by atoms with Crippen LogP contribution in [0.3, 0.4) is 0 Å². The van der Waals surface area contributed by atoms with Crippen molar-refractivity contribution in [3.8, 4) is 22.9 Å². The highest BCUT2D eigenvalue weighted by Gasteiger charge is 2.13. The number of hydrogen-bond acceptors (Lipinski definition) is 5. The van der Waals surface area contributed by atoms with E-state index in [1.165, 1.54) is 6.92 Å². The average molecular weight is 440 g/mol. The lowest BCUT2D eigenvalue weighted by atomic mass is 10.00. The van der Waals surface area contributed by atoms with Crippen molar-refractivity contribution < 1.29 is 4.79 Å². The van der Waals surface area contributed by atoms with Gasteiger partial charge >= 0.3 is 0 Å². The van der Waals surface area contributed by atoms with E-state index in [-0.39, 0.29) is 5.91 Å². The molecule has 0 atom stereocenters. The molecule has 1 N–H and O–H groups in total. The third-order valence-electron chi connectivity index (χ3n) is 4.90. The Balaban J connectivity index is 1.52. The number of nitriles is 1. The Morgan fingerprint density at radius 2 is 1.84 bits per heavy atom. The Morgan fingerprint density at radius 3 is 2.59 bits per heavy atom. The molecule has 4 rings (SSSR count). The fourth-order valence-electron chi connectivity index (χ4n) is 3.42. The highest BCUT2D eigenvalue weighted by Crippen LogP contribution is 2.28. The van der Waals surface area contributed by atoms with E-state index in [2.05, 4.69) is 33.7 Å². The number of benzene rings is 3. The molecule has 0 fully saturated rings. The van der Waals surface area contributed by atoms with Gasteiger partial charge in [0.2, 0.25) is 5.91 Å². The van der Waals surface area contributed by atoms with Gasteiger partial charge in [0.05, 0.1) is 17.3 Å². The maximum atomic E-state index is 11.4. The molecule has 0 aliphatic rings. The summed E-state index contributed by atoms with van der Waals surface area (Å²) in [6, 6.07) is 25.7. The van der Waals surface area contributed by atoms with E-state index in [9.17, 15) is 10.1 Å². The van der Waals surface area contributed by atoms with Crippen molar-refractivity contribution in [1.82, 2.24) is 14.8 Å². The summed E-state index contributed by atoms with van der Waals surface area (Å²) in [7, 11) is 0. The number of thioether (sulfide) groups is 1. The lowest BCUT2D eigenvalue weighted by molar-refractivity contribution is -0.114. The molecule has 0 saturated heterocycles. The van der Waals surface area contributed by atoms with Crippen LogP contribution in [0, 0.1) is 18.3 Å². The van der Waals surface area contributed by atoms with E-state index < -0.39 is 0 Å². The van der Waals surface area contributed by atoms with Gasteiger partial charge in [-0.2, -0.15) is 5.26 Å². The summed E-state index contributed by atoms with van der Waals surface area (Å²) in [6.07, 6.45) is 0. The minimum atomic E-state index is -0.113. The molecule has 1 heterocycles. The Kier molecular flexibility index (Phi) is 6.34. The number of amides is 1. The molecule has 158 valence electrons. The Hall–Kier alpha value is -3.89. The Bertz CT molecular complexity index is 1300. The van der Waals surface area contributed by atoms with Crippen LogP contribution in [0.1, 0.15) is 23.9 Å². The number of rotatable bonds is 6. The molecular formula is C25H21N5OS. The predicted molar refractivity (Wildman–Crippen MR) is 127 cm³/mol. The van der Waals surface area contributed by atoms with Crippen molar-refractivity contribution in [2.75, 3.05) is 5.32 Å². The van der Waals surface area contributed by atoms with Crippen LogP contribution in [0.2, 0.25) is 0 Å². The highest BCUT2D eigenvalue weighted by atomic mass is 32.2. The summed E-state index contributed by atoms with van der Waals surface area (Å²) in [5.74, 6) is 1.39. The van der Waals surface area contributed by atoms with E-state index in [0.29, 0.717) is 5.56 Å². The standard InChI is InChI=1S/C25H21N5OS/c1-17-28-29-25(30(17)23-8-5-7-22(14-23)27-18(2)31)32-16-19-10-12-20(13-11-19)24-9-4-3-6-21(24)15-26/h3-14H,16H2,1-2H3,(H,27,31). The first-order valence-corrected chi connectivity index (χ1v) is 11.0. The summed E-state index contributed by atoms with van der Waals surface area (Å²) in [5.41, 5.74) is 5.39. The fourth-order valence-corrected chi connectivity index (χ4v) is 4.37. The zero-order chi connectivity index (χ0) is 22.5. The van der Waals surface area contributed by atoms with Crippen LogP contribution in [0.4, 0.5) is 5.69 Å². The quantitative estimate of drug-likeness (QED) is 0.409. The van der Waals surface area contributed by atoms with Gasteiger partial charge in [-0.15, -0.1) is 10.2 Å². The molecule has 1 aromatic heterocycles. The van der Waals surface area contributed by atoms with Crippen molar-refractivity contribution in [3.05, 3.63) is 89.7 Å². The maximum absolute atomic E-state index is 11.4. The molecule has 0 saturated carbocycles. The van der Waals surface area contributed by atoms with Crippen molar-refractivity contribution >= 4 is 23.4 Å². The Morgan fingerprint density at radius 1 is 1.06 bits per heavy atom. The Labute approximate surface area is 190 Å². The summed E-state index contributed by atoms with van der Waals surface area (Å²) in [6.45, 7) is 3.39. The molecule has 3 aromatic carbocycles. The average Bonchev–Trinajstić information content (AvgIpc) is 3.18. The zero-order valence-electron chi connectivity index (χ0n) is 17.7. The smallest absolute Gasteiger partial charge is 0.221 e. The number of nitrogens with one attached hydrogen (secondary N) is 1.